The third-order valence-corrected chi connectivity index (χ3v) is 21.1. The number of primary amides is 1. The second-order valence-corrected chi connectivity index (χ2v) is 31.6. The van der Waals surface area contributed by atoms with E-state index in [0.717, 1.165) is 47.6 Å². The third-order valence-electron chi connectivity index (χ3n) is 21.1. The normalized spacial score (nSPS) is 14.6. The van der Waals surface area contributed by atoms with Crippen molar-refractivity contribution in [1.29, 1.82) is 5.41 Å². The fraction of sp³-hybridized carbons (Fsp3) is 0.536. The first-order valence-corrected chi connectivity index (χ1v) is 41.4. The second kappa shape index (κ2) is 47.4. The van der Waals surface area contributed by atoms with Gasteiger partial charge in [-0.15, -0.1) is 0 Å². The number of phenols is 1. The van der Waals surface area contributed by atoms with Crippen molar-refractivity contribution in [1.82, 2.24) is 87.9 Å². The zero-order valence-corrected chi connectivity index (χ0v) is 70.1. The van der Waals surface area contributed by atoms with E-state index in [1.165, 1.54) is 57.0 Å². The lowest BCUT2D eigenvalue weighted by molar-refractivity contribution is -0.138. The molecular weight excluding hydrogens is 1540 g/mol. The van der Waals surface area contributed by atoms with Crippen LogP contribution in [0, 0.1) is 23.2 Å². The summed E-state index contributed by atoms with van der Waals surface area (Å²) in [5.74, 6) is -10.3. The molecule has 0 unspecified atom stereocenters. The molecule has 3 aromatic heterocycles. The molecule has 36 heteroatoms. The van der Waals surface area contributed by atoms with Crippen LogP contribution in [0.3, 0.4) is 0 Å². The molecule has 10 atom stereocenters. The number of phenolic OH excluding ortho intramolecular Hbond substituents is 1. The van der Waals surface area contributed by atoms with Gasteiger partial charge in [-0.25, -0.2) is 9.97 Å². The molecule has 0 spiro atoms. The number of rotatable bonds is 49. The van der Waals surface area contributed by atoms with Crippen molar-refractivity contribution in [2.24, 2.45) is 29.2 Å². The highest BCUT2D eigenvalue weighted by Gasteiger charge is 2.38. The Kier molecular flexibility index (Phi) is 37.4. The van der Waals surface area contributed by atoms with Crippen LogP contribution < -0.4 is 80.4 Å². The number of aromatic hydroxyl groups is 1. The lowest BCUT2D eigenvalue weighted by atomic mass is 9.97. The van der Waals surface area contributed by atoms with Crippen LogP contribution in [-0.2, 0) is 88.1 Å². The Bertz CT molecular complexity index is 4560. The van der Waals surface area contributed by atoms with Crippen molar-refractivity contribution in [3.63, 3.8) is 0 Å². The summed E-state index contributed by atoms with van der Waals surface area (Å²) in [5, 5.41) is 49.0. The smallest absolute Gasteiger partial charge is 0.261 e. The van der Waals surface area contributed by atoms with Crippen molar-refractivity contribution in [2.75, 3.05) is 44.2 Å². The maximum Gasteiger partial charge on any atom is 0.261 e. The van der Waals surface area contributed by atoms with Gasteiger partial charge in [0.05, 0.1) is 36.0 Å². The number of benzene rings is 3. The number of ketones is 1. The van der Waals surface area contributed by atoms with Gasteiger partial charge in [0.25, 0.3) is 5.56 Å². The van der Waals surface area contributed by atoms with E-state index in [4.69, 9.17) is 16.9 Å². The fourth-order valence-corrected chi connectivity index (χ4v) is 14.3. The summed E-state index contributed by atoms with van der Waals surface area (Å²) in [6, 6.07) is 6.09. The first kappa shape index (κ1) is 94.9. The second-order valence-electron chi connectivity index (χ2n) is 31.6. The molecule has 1 saturated heterocycles. The minimum absolute atomic E-state index is 0.0311. The number of fused-ring (bicyclic) bond motifs is 2. The minimum atomic E-state index is -1.73. The zero-order chi connectivity index (χ0) is 87.7. The number of aromatic amines is 2. The van der Waals surface area contributed by atoms with E-state index in [9.17, 15) is 67.4 Å². The molecule has 652 valence electrons. The Morgan fingerprint density at radius 2 is 1.19 bits per heavy atom. The molecule has 36 nitrogen and oxygen atoms in total. The number of hydrogen-bond donors (Lipinski definition) is 17. The van der Waals surface area contributed by atoms with Crippen LogP contribution in [0.2, 0.25) is 0 Å². The number of anilines is 1. The van der Waals surface area contributed by atoms with E-state index < -0.39 is 126 Å². The Morgan fingerprint density at radius 3 is 1.82 bits per heavy atom. The molecule has 4 heterocycles. The highest BCUT2D eigenvalue weighted by atomic mass is 16.3. The number of para-hydroxylation sites is 1. The monoisotopic (exact) mass is 1660 g/mol. The maximum absolute atomic E-state index is 15.0. The van der Waals surface area contributed by atoms with E-state index in [2.05, 4.69) is 85.3 Å². The van der Waals surface area contributed by atoms with Crippen molar-refractivity contribution in [3.8, 4) is 5.75 Å². The first-order valence-electron chi connectivity index (χ1n) is 41.4. The number of unbranched alkanes of at least 4 members (excludes halogenated alkanes) is 5. The van der Waals surface area contributed by atoms with Crippen molar-refractivity contribution in [3.05, 3.63) is 119 Å². The van der Waals surface area contributed by atoms with Gasteiger partial charge >= 0.3 is 0 Å². The van der Waals surface area contributed by atoms with Crippen LogP contribution in [0.5, 0.6) is 5.75 Å². The summed E-state index contributed by atoms with van der Waals surface area (Å²) < 4.78 is 1.06. The number of hydrogen-bond acceptors (Lipinski definition) is 19. The average molecular weight is 1670 g/mol. The van der Waals surface area contributed by atoms with E-state index in [-0.39, 0.29) is 123 Å². The molecule has 6 aromatic rings. The van der Waals surface area contributed by atoms with Gasteiger partial charge in [0.2, 0.25) is 70.9 Å². The maximum atomic E-state index is 15.0. The molecule has 0 bridgehead atoms. The van der Waals surface area contributed by atoms with Gasteiger partial charge in [0.15, 0.2) is 11.7 Å². The first-order chi connectivity index (χ1) is 57.2. The van der Waals surface area contributed by atoms with Crippen LogP contribution >= 0.6 is 0 Å². The van der Waals surface area contributed by atoms with Crippen LogP contribution in [0.25, 0.3) is 21.8 Å². The topological polar surface area (TPSA) is 536 Å². The van der Waals surface area contributed by atoms with Crippen molar-refractivity contribution in [2.45, 2.75) is 232 Å². The molecule has 19 N–H and O–H groups in total. The number of H-pyrrole nitrogens is 2. The summed E-state index contributed by atoms with van der Waals surface area (Å²) >= 11 is 0. The number of carbonyl (C=O) groups is 13. The fourth-order valence-electron chi connectivity index (χ4n) is 14.3. The molecule has 7 rings (SSSR count). The Balaban J connectivity index is 1.07. The number of nitrogens with two attached hydrogens (primary N) is 2. The number of nitrogens with one attached hydrogen (secondary N) is 14. The van der Waals surface area contributed by atoms with Gasteiger partial charge in [-0.3, -0.25) is 77.1 Å². The summed E-state index contributed by atoms with van der Waals surface area (Å²) in [4.78, 5) is 214. The van der Waals surface area contributed by atoms with Gasteiger partial charge < -0.3 is 94.8 Å². The van der Waals surface area contributed by atoms with Crippen molar-refractivity contribution >= 4 is 110 Å². The summed E-state index contributed by atoms with van der Waals surface area (Å²) in [5.41, 5.74) is 13.7. The molecule has 3 aromatic carbocycles. The highest BCUT2D eigenvalue weighted by molar-refractivity contribution is 6.00. The minimum Gasteiger partial charge on any atom is -0.508 e. The Hall–Kier alpha value is -12.3. The van der Waals surface area contributed by atoms with E-state index in [1.807, 2.05) is 36.9 Å². The van der Waals surface area contributed by atoms with E-state index in [1.54, 1.807) is 63.1 Å². The quantitative estimate of drug-likeness (QED) is 0.0148. The third kappa shape index (κ3) is 30.0. The summed E-state index contributed by atoms with van der Waals surface area (Å²) in [7, 11) is 0. The number of aromatic nitrogens is 5. The summed E-state index contributed by atoms with van der Waals surface area (Å²) in [6.07, 6.45) is 11.5. The predicted molar refractivity (Wildman–Crippen MR) is 452 cm³/mol. The molecule has 12 amide bonds. The van der Waals surface area contributed by atoms with Gasteiger partial charge in [0.1, 0.15) is 60.6 Å². The van der Waals surface area contributed by atoms with Crippen LogP contribution in [0.4, 0.5) is 5.69 Å². The molecule has 0 saturated carbocycles. The Labute approximate surface area is 698 Å². The van der Waals surface area contributed by atoms with Gasteiger partial charge in [-0.05, 0) is 117 Å². The molecular formula is C84H121N21O15. The number of Topliss-reactive ketones (excluding diaryl/α,β-unsaturated/α-hetero) is 1. The number of piperazine rings is 1. The predicted octanol–water partition coefficient (Wildman–Crippen LogP) is 2.19. The molecule has 0 radical (unpaired) electrons. The Morgan fingerprint density at radius 1 is 0.583 bits per heavy atom. The number of amides is 12. The van der Waals surface area contributed by atoms with Crippen molar-refractivity contribution < 1.29 is 67.4 Å². The lowest BCUT2D eigenvalue weighted by Crippen LogP contribution is -2.61. The molecule has 0 aliphatic carbocycles. The van der Waals surface area contributed by atoms with E-state index in [0.29, 0.717) is 73.3 Å². The highest BCUT2D eigenvalue weighted by Crippen LogP contribution is 2.24. The zero-order valence-electron chi connectivity index (χ0n) is 70.1. The largest absolute Gasteiger partial charge is 0.508 e. The SMILES string of the molecule is CCCCCCCC(=O)NCCCC[C@H](NC(=O)[C@@H](NC(C)=O)[C@@H](C)CC)C(=O)N1CCN(c2ccc3ncn(CC(=O)N[C@@H](CCCNC(=N)N)C(=O)N[C@@H](Cc4cnc[nH]4)C(=O)N[C@@H](Cc4ccc(O)cc4)C(=O)N[C@@H](CC(C)C)C(=O)N[C@@H](CC(N)=O)C(=O)N[C@@H](Cc4c[nH]c5ccccc45)C(=O)N[C@H](C(C)=O)C(C)C)c(=O)c3c2)CC1. The van der Waals surface area contributed by atoms with Gasteiger partial charge in [0, 0.05) is 107 Å². The molecule has 1 aliphatic heterocycles. The standard InChI is InChI=1S/C84H121N21O15/c1-10-12-13-14-15-25-71(110)89-32-19-18-23-64(96-81(118)74(51(7)11-2)94-53(9)107)83(120)104-36-34-103(35-37-104)57-28-31-62-60(42-57)82(119)105(48-93-62)46-72(111)95-63(24-20-33-90-84(86)87)75(112)100-68(41-56-45-88-47-92-56)78(115)98-66(39-54-26-29-58(108)30-27-54)77(114)97-65(38-49(3)4)76(113)101-69(43-70(85)109)79(116)99-67(80(117)102-73(50(5)6)52(8)106)40-55-44-91-61-22-17-16-21-59(55)61/h16-17,21-22,26-31,42,44-45,47-51,63-69,73-74,91,108H,10-15,18-20,23-25,32-41,43,46H2,1-9H3,(H2,85,109)(H,88,92)(H,89,110)(H,94,107)(H,95,111)(H,96,118)(H,97,114)(H,98,115)(H,99,116)(H,100,112)(H,101,113)(H,102,117)(H4,86,87,90)/t51-,63-,64-,65-,66-,67-,68-,69-,73-,74-/m0/s1. The number of carbonyl (C=O) groups excluding carboxylic acids is 13. The molecule has 1 aliphatic rings. The van der Waals surface area contributed by atoms with Gasteiger partial charge in [-0.1, -0.05) is 111 Å². The molecule has 1 fully saturated rings. The van der Waals surface area contributed by atoms with Crippen LogP contribution in [0.1, 0.15) is 169 Å². The number of nitrogens with zero attached hydrogens (tertiary/aromatic N) is 5. The number of guanidine groups is 1. The average Bonchev–Trinajstić information content (AvgIpc) is 0.854. The van der Waals surface area contributed by atoms with Crippen LogP contribution in [-0.4, -0.2) is 211 Å². The van der Waals surface area contributed by atoms with Gasteiger partial charge in [-0.2, -0.15) is 0 Å². The molecule has 120 heavy (non-hydrogen) atoms. The van der Waals surface area contributed by atoms with Crippen LogP contribution in [0.15, 0.2) is 96.6 Å². The number of imidazole rings is 1. The lowest BCUT2D eigenvalue weighted by Gasteiger charge is -2.38. The summed E-state index contributed by atoms with van der Waals surface area (Å²) in [6.45, 7) is 16.5. The van der Waals surface area contributed by atoms with E-state index >= 15 is 4.79 Å².